The van der Waals surface area contributed by atoms with Crippen LogP contribution in [0.25, 0.3) is 10.2 Å². The van der Waals surface area contributed by atoms with Gasteiger partial charge in [0.15, 0.2) is 10.7 Å². The van der Waals surface area contributed by atoms with E-state index in [2.05, 4.69) is 11.9 Å². The second-order valence-electron chi connectivity index (χ2n) is 9.10. The maximum atomic E-state index is 13.0. The van der Waals surface area contributed by atoms with Gasteiger partial charge in [-0.3, -0.25) is 14.9 Å². The summed E-state index contributed by atoms with van der Waals surface area (Å²) in [5.41, 5.74) is 0.643. The average Bonchev–Trinajstić information content (AvgIpc) is 3.17. The molecule has 1 atom stereocenters. The Balaban J connectivity index is 1.31. The van der Waals surface area contributed by atoms with Crippen molar-refractivity contribution in [2.45, 2.75) is 37.6 Å². The number of fused-ring (bicyclic) bond motifs is 3. The molecule has 1 aromatic carbocycles. The molecule has 2 N–H and O–H groups in total. The number of rotatable bonds is 5. The predicted octanol–water partition coefficient (Wildman–Crippen LogP) is 1.11. The van der Waals surface area contributed by atoms with Crippen LogP contribution >= 0.6 is 11.3 Å². The quantitative estimate of drug-likeness (QED) is 0.395. The van der Waals surface area contributed by atoms with E-state index >= 15 is 0 Å². The monoisotopic (exact) mass is 504 g/mol. The topological polar surface area (TPSA) is 131 Å². The molecule has 2 aliphatic rings. The van der Waals surface area contributed by atoms with Crippen molar-refractivity contribution in [3.63, 3.8) is 0 Å². The van der Waals surface area contributed by atoms with Gasteiger partial charge in [0.1, 0.15) is 11.4 Å². The van der Waals surface area contributed by atoms with Crippen molar-refractivity contribution in [1.82, 2.24) is 14.3 Å². The summed E-state index contributed by atoms with van der Waals surface area (Å²) in [5.74, 6) is 1.22. The number of nitro benzene ring substituents is 1. The normalized spacial score (nSPS) is 19.9. The maximum Gasteiger partial charge on any atom is 0.289 e. The number of sulfonamides is 1. The lowest BCUT2D eigenvalue weighted by molar-refractivity contribution is -0.917. The zero-order chi connectivity index (χ0) is 24.0. The molecule has 2 aromatic heterocycles. The lowest BCUT2D eigenvalue weighted by Crippen LogP contribution is -3.13. The van der Waals surface area contributed by atoms with Gasteiger partial charge in [0, 0.05) is 10.9 Å². The van der Waals surface area contributed by atoms with Crippen LogP contribution in [0.15, 0.2) is 34.0 Å². The van der Waals surface area contributed by atoms with Crippen LogP contribution < -0.4 is 10.5 Å². The summed E-state index contributed by atoms with van der Waals surface area (Å²) in [6, 6.07) is 5.42. The molecule has 0 spiro atoms. The first-order valence-electron chi connectivity index (χ1n) is 11.3. The van der Waals surface area contributed by atoms with Crippen LogP contribution in [0.3, 0.4) is 0 Å². The fourth-order valence-electron chi connectivity index (χ4n) is 4.90. The molecule has 3 aromatic rings. The number of aromatic amines is 1. The van der Waals surface area contributed by atoms with Crippen molar-refractivity contribution in [1.29, 1.82) is 0 Å². The van der Waals surface area contributed by atoms with Gasteiger partial charge in [-0.05, 0) is 36.8 Å². The van der Waals surface area contributed by atoms with Crippen molar-refractivity contribution in [3.8, 4) is 0 Å². The number of piperazine rings is 1. The number of nitrogens with one attached hydrogen (secondary N) is 2. The number of hydrogen-bond donors (Lipinski definition) is 2. The van der Waals surface area contributed by atoms with Crippen molar-refractivity contribution in [2.75, 3.05) is 26.2 Å². The lowest BCUT2D eigenvalue weighted by Gasteiger charge is -2.31. The predicted molar refractivity (Wildman–Crippen MR) is 128 cm³/mol. The molecule has 1 saturated heterocycles. The molecule has 1 aliphatic carbocycles. The second-order valence-corrected chi connectivity index (χ2v) is 12.1. The molecule has 12 heteroatoms. The number of nitrogens with zero attached hydrogens (tertiary/aromatic N) is 3. The zero-order valence-electron chi connectivity index (χ0n) is 18.7. The molecule has 5 rings (SSSR count). The first-order valence-corrected chi connectivity index (χ1v) is 13.6. The molecule has 0 bridgehead atoms. The Morgan fingerprint density at radius 3 is 2.76 bits per heavy atom. The van der Waals surface area contributed by atoms with Crippen LogP contribution in [-0.2, 0) is 29.4 Å². The Bertz CT molecular complexity index is 1420. The van der Waals surface area contributed by atoms with Crippen LogP contribution in [0.2, 0.25) is 0 Å². The summed E-state index contributed by atoms with van der Waals surface area (Å²) >= 11 is 1.62. The Morgan fingerprint density at radius 1 is 1.29 bits per heavy atom. The summed E-state index contributed by atoms with van der Waals surface area (Å²) in [6.45, 7) is 4.22. The fourth-order valence-corrected chi connectivity index (χ4v) is 7.90. The van der Waals surface area contributed by atoms with Crippen molar-refractivity contribution < 1.29 is 18.2 Å². The van der Waals surface area contributed by atoms with Crippen LogP contribution in [0.1, 0.15) is 29.6 Å². The van der Waals surface area contributed by atoms with E-state index in [4.69, 9.17) is 4.98 Å². The minimum atomic E-state index is -3.97. The van der Waals surface area contributed by atoms with Gasteiger partial charge in [-0.25, -0.2) is 13.4 Å². The summed E-state index contributed by atoms with van der Waals surface area (Å²) in [5, 5.41) is 12.0. The molecule has 10 nitrogen and oxygen atoms in total. The van der Waals surface area contributed by atoms with Crippen molar-refractivity contribution in [3.05, 3.63) is 61.0 Å². The number of aromatic nitrogens is 2. The molecular formula is C22H26N5O5S2+. The zero-order valence-corrected chi connectivity index (χ0v) is 20.4. The number of H-pyrrole nitrogens is 1. The standard InChI is InChI=1S/C22H25N5O5S2/c1-14-6-7-15-17(12-14)33-22-20(15)21(28)23-19(24-22)13-25-8-10-26(11-9-25)34(31,32)18-5-3-2-4-16(18)27(29)30/h2-5,14H,6-13H2,1H3,(H,23,24,28)/p+1/t14-/m0/s1. The largest absolute Gasteiger partial charge is 0.326 e. The summed E-state index contributed by atoms with van der Waals surface area (Å²) in [6.07, 6.45) is 3.00. The highest BCUT2D eigenvalue weighted by Gasteiger charge is 2.35. The SMILES string of the molecule is C[C@H]1CCc2c(sc3nc(C[NH+]4CCN(S(=O)(=O)c5ccccc5[N+](=O)[O-])CC4)[nH]c(=O)c23)C1. The van der Waals surface area contributed by atoms with Gasteiger partial charge in [-0.15, -0.1) is 11.3 Å². The van der Waals surface area contributed by atoms with Gasteiger partial charge in [0.25, 0.3) is 11.2 Å². The highest BCUT2D eigenvalue weighted by molar-refractivity contribution is 7.89. The van der Waals surface area contributed by atoms with E-state index in [1.807, 2.05) is 0 Å². The van der Waals surface area contributed by atoms with Crippen LogP contribution in [-0.4, -0.2) is 53.8 Å². The Labute approximate surface area is 200 Å². The van der Waals surface area contributed by atoms with Gasteiger partial charge in [0.2, 0.25) is 10.0 Å². The second kappa shape index (κ2) is 8.84. The van der Waals surface area contributed by atoms with E-state index in [-0.39, 0.29) is 23.5 Å². The third kappa shape index (κ3) is 4.15. The Morgan fingerprint density at radius 2 is 2.03 bits per heavy atom. The van der Waals surface area contributed by atoms with Crippen LogP contribution in [0, 0.1) is 16.0 Å². The molecule has 34 heavy (non-hydrogen) atoms. The summed E-state index contributed by atoms with van der Waals surface area (Å²) < 4.78 is 27.4. The number of quaternary nitrogens is 1. The molecule has 0 radical (unpaired) electrons. The number of para-hydroxylation sites is 1. The van der Waals surface area contributed by atoms with Crippen molar-refractivity contribution in [2.24, 2.45) is 5.92 Å². The fraction of sp³-hybridized carbons (Fsp3) is 0.455. The highest BCUT2D eigenvalue weighted by atomic mass is 32.2. The van der Waals surface area contributed by atoms with Crippen LogP contribution in [0.5, 0.6) is 0 Å². The van der Waals surface area contributed by atoms with Gasteiger partial charge in [-0.1, -0.05) is 19.1 Å². The average molecular weight is 505 g/mol. The molecular weight excluding hydrogens is 478 g/mol. The van der Waals surface area contributed by atoms with E-state index in [0.29, 0.717) is 31.4 Å². The van der Waals surface area contributed by atoms with Gasteiger partial charge >= 0.3 is 0 Å². The van der Waals surface area contributed by atoms with Gasteiger partial charge < -0.3 is 9.88 Å². The Kier molecular flexibility index (Phi) is 6.00. The third-order valence-corrected chi connectivity index (χ3v) is 9.84. The van der Waals surface area contributed by atoms with E-state index in [0.717, 1.165) is 39.9 Å². The number of aryl methyl sites for hydroxylation is 1. The van der Waals surface area contributed by atoms with E-state index in [9.17, 15) is 23.3 Å². The molecule has 0 unspecified atom stereocenters. The maximum absolute atomic E-state index is 13.0. The summed E-state index contributed by atoms with van der Waals surface area (Å²) in [4.78, 5) is 34.0. The molecule has 0 amide bonds. The molecule has 1 fully saturated rings. The number of hydrogen-bond acceptors (Lipinski definition) is 7. The minimum absolute atomic E-state index is 0.0935. The number of thiophene rings is 1. The van der Waals surface area contributed by atoms with Crippen LogP contribution in [0.4, 0.5) is 5.69 Å². The van der Waals surface area contributed by atoms with E-state index in [1.54, 1.807) is 11.3 Å². The molecule has 0 saturated carbocycles. The minimum Gasteiger partial charge on any atom is -0.326 e. The Hall–Kier alpha value is -2.67. The molecule has 3 heterocycles. The third-order valence-electron chi connectivity index (χ3n) is 6.74. The number of benzene rings is 1. The lowest BCUT2D eigenvalue weighted by atomic mass is 9.89. The summed E-state index contributed by atoms with van der Waals surface area (Å²) in [7, 11) is -3.97. The van der Waals surface area contributed by atoms with E-state index < -0.39 is 20.6 Å². The first kappa shape index (κ1) is 23.1. The van der Waals surface area contributed by atoms with Gasteiger partial charge in [-0.2, -0.15) is 4.31 Å². The highest BCUT2D eigenvalue weighted by Crippen LogP contribution is 2.35. The smallest absolute Gasteiger partial charge is 0.289 e. The van der Waals surface area contributed by atoms with E-state index in [1.165, 1.54) is 33.4 Å². The number of nitro groups is 1. The van der Waals surface area contributed by atoms with Gasteiger partial charge in [0.05, 0.1) is 36.5 Å². The molecule has 1 aliphatic heterocycles. The molecule has 180 valence electrons. The van der Waals surface area contributed by atoms with Crippen molar-refractivity contribution >= 4 is 37.3 Å². The first-order chi connectivity index (χ1) is 16.2.